The second-order valence-corrected chi connectivity index (χ2v) is 13.4. The molecule has 1 saturated carbocycles. The Bertz CT molecular complexity index is 1470. The van der Waals surface area contributed by atoms with Crippen LogP contribution >= 0.6 is 11.8 Å². The fraction of sp³-hybridized carbons (Fsp3) is 0.469. The van der Waals surface area contributed by atoms with Crippen molar-refractivity contribution in [2.24, 2.45) is 0 Å². The number of para-hydroxylation sites is 1. The van der Waals surface area contributed by atoms with Gasteiger partial charge in [0.1, 0.15) is 5.75 Å². The zero-order chi connectivity index (χ0) is 29.1. The van der Waals surface area contributed by atoms with Gasteiger partial charge in [0.2, 0.25) is 5.95 Å². The maximum Gasteiger partial charge on any atom is 0.231 e. The zero-order valence-electron chi connectivity index (χ0n) is 25.3. The fourth-order valence-electron chi connectivity index (χ4n) is 5.65. The first-order valence-corrected chi connectivity index (χ1v) is 15.5. The molecule has 0 radical (unpaired) electrons. The van der Waals surface area contributed by atoms with Crippen molar-refractivity contribution in [2.75, 3.05) is 24.7 Å². The number of aryl methyl sites for hydroxylation is 1. The van der Waals surface area contributed by atoms with Crippen LogP contribution in [-0.4, -0.2) is 56.3 Å². The molecular weight excluding hydrogens is 530 g/mol. The average Bonchev–Trinajstić information content (AvgIpc) is 3.40. The van der Waals surface area contributed by atoms with Gasteiger partial charge in [-0.2, -0.15) is 9.97 Å². The van der Waals surface area contributed by atoms with Crippen LogP contribution in [0.4, 0.5) is 23.1 Å². The monoisotopic (exact) mass is 573 g/mol. The lowest BCUT2D eigenvalue weighted by atomic mass is 9.80. The number of hydrogen-bond acceptors (Lipinski definition) is 8. The summed E-state index contributed by atoms with van der Waals surface area (Å²) in [6.07, 6.45) is 6.54. The van der Waals surface area contributed by atoms with Crippen LogP contribution < -0.4 is 15.4 Å². The standard InChI is InChI=1S/C32H43N7OS/c1-19(2)40-27-17-24(22-12-14-23(15-13-22)39(6)7)21(5)16-26(27)36-32-37-30-29(33-18-34-30)31(38-32)35-25-10-8-9-11-28(25)41-20(3)4/h8-11,16-20,22-23H,12-15H2,1-7H3,(H3,33,34,35,36,37,38). The second kappa shape index (κ2) is 12.7. The quantitative estimate of drug-likeness (QED) is 0.164. The Labute approximate surface area is 248 Å². The lowest BCUT2D eigenvalue weighted by Gasteiger charge is -2.33. The number of nitrogens with one attached hydrogen (secondary N) is 3. The molecule has 0 saturated heterocycles. The summed E-state index contributed by atoms with van der Waals surface area (Å²) in [6.45, 7) is 10.7. The molecule has 0 unspecified atom stereocenters. The minimum atomic E-state index is 0.0405. The molecule has 218 valence electrons. The maximum atomic E-state index is 6.35. The van der Waals surface area contributed by atoms with Gasteiger partial charge in [-0.3, -0.25) is 0 Å². The van der Waals surface area contributed by atoms with Crippen LogP contribution in [0, 0.1) is 6.92 Å². The zero-order valence-corrected chi connectivity index (χ0v) is 26.1. The number of imidazole rings is 1. The predicted octanol–water partition coefficient (Wildman–Crippen LogP) is 8.02. The number of anilines is 4. The van der Waals surface area contributed by atoms with E-state index in [1.54, 1.807) is 6.33 Å². The van der Waals surface area contributed by atoms with E-state index in [4.69, 9.17) is 14.7 Å². The third-order valence-electron chi connectivity index (χ3n) is 7.63. The molecule has 0 aliphatic heterocycles. The molecule has 0 bridgehead atoms. The first-order chi connectivity index (χ1) is 19.7. The summed E-state index contributed by atoms with van der Waals surface area (Å²) in [5.74, 6) is 2.50. The van der Waals surface area contributed by atoms with Crippen molar-refractivity contribution in [1.29, 1.82) is 0 Å². The number of ether oxygens (including phenoxy) is 1. The van der Waals surface area contributed by atoms with E-state index in [0.717, 1.165) is 22.0 Å². The van der Waals surface area contributed by atoms with E-state index in [1.807, 2.05) is 17.8 Å². The fourth-order valence-corrected chi connectivity index (χ4v) is 6.56. The number of rotatable bonds is 10. The largest absolute Gasteiger partial charge is 0.489 e. The Morgan fingerprint density at radius 2 is 1.73 bits per heavy atom. The highest BCUT2D eigenvalue weighted by molar-refractivity contribution is 8.00. The molecule has 3 N–H and O–H groups in total. The van der Waals surface area contributed by atoms with Crippen molar-refractivity contribution in [1.82, 2.24) is 24.8 Å². The molecular formula is C32H43N7OS. The van der Waals surface area contributed by atoms with Crippen LogP contribution in [0.5, 0.6) is 5.75 Å². The molecule has 2 aromatic heterocycles. The summed E-state index contributed by atoms with van der Waals surface area (Å²) in [5.41, 5.74) is 5.86. The smallest absolute Gasteiger partial charge is 0.231 e. The van der Waals surface area contributed by atoms with Crippen molar-refractivity contribution in [2.45, 2.75) is 88.5 Å². The van der Waals surface area contributed by atoms with Crippen LogP contribution in [0.3, 0.4) is 0 Å². The molecule has 1 aliphatic carbocycles. The van der Waals surface area contributed by atoms with Crippen molar-refractivity contribution in [3.05, 3.63) is 53.9 Å². The molecule has 2 aromatic carbocycles. The summed E-state index contributed by atoms with van der Waals surface area (Å²) in [4.78, 5) is 20.8. The molecule has 41 heavy (non-hydrogen) atoms. The van der Waals surface area contributed by atoms with Crippen LogP contribution in [0.25, 0.3) is 11.2 Å². The molecule has 4 aromatic rings. The molecule has 0 amide bonds. The summed E-state index contributed by atoms with van der Waals surface area (Å²) in [7, 11) is 4.39. The average molecular weight is 574 g/mol. The second-order valence-electron chi connectivity index (χ2n) is 11.7. The van der Waals surface area contributed by atoms with Gasteiger partial charge in [0.05, 0.1) is 23.8 Å². The number of benzene rings is 2. The summed E-state index contributed by atoms with van der Waals surface area (Å²) in [6, 6.07) is 13.4. The summed E-state index contributed by atoms with van der Waals surface area (Å²) >= 11 is 1.81. The lowest BCUT2D eigenvalue weighted by Crippen LogP contribution is -2.31. The summed E-state index contributed by atoms with van der Waals surface area (Å²) < 4.78 is 6.35. The van der Waals surface area contributed by atoms with Crippen molar-refractivity contribution >= 4 is 46.1 Å². The van der Waals surface area contributed by atoms with E-state index < -0.39 is 0 Å². The molecule has 0 spiro atoms. The predicted molar refractivity (Wildman–Crippen MR) is 171 cm³/mol. The van der Waals surface area contributed by atoms with Gasteiger partial charge in [-0.1, -0.05) is 26.0 Å². The minimum absolute atomic E-state index is 0.0405. The van der Waals surface area contributed by atoms with E-state index in [2.05, 4.69) is 105 Å². The third kappa shape index (κ3) is 6.96. The van der Waals surface area contributed by atoms with Gasteiger partial charge in [-0.15, -0.1) is 11.8 Å². The molecule has 1 aliphatic rings. The van der Waals surface area contributed by atoms with Gasteiger partial charge in [0, 0.05) is 16.2 Å². The lowest BCUT2D eigenvalue weighted by molar-refractivity contribution is 0.215. The number of fused-ring (bicyclic) bond motifs is 1. The maximum absolute atomic E-state index is 6.35. The van der Waals surface area contributed by atoms with E-state index in [0.29, 0.717) is 40.1 Å². The Kier molecular flexibility index (Phi) is 9.04. The highest BCUT2D eigenvalue weighted by Crippen LogP contribution is 2.41. The summed E-state index contributed by atoms with van der Waals surface area (Å²) in [5, 5.41) is 7.46. The molecule has 2 heterocycles. The third-order valence-corrected chi connectivity index (χ3v) is 8.71. The number of nitrogens with zero attached hydrogens (tertiary/aromatic N) is 4. The SMILES string of the molecule is Cc1cc(Nc2nc(Nc3ccccc3SC(C)C)c3nc[nH]c3n2)c(OC(C)C)cc1C1CCC(N(C)C)CC1. The van der Waals surface area contributed by atoms with Crippen LogP contribution in [0.15, 0.2) is 47.6 Å². The van der Waals surface area contributed by atoms with Gasteiger partial charge in [-0.25, -0.2) is 4.98 Å². The van der Waals surface area contributed by atoms with Crippen molar-refractivity contribution in [3.8, 4) is 5.75 Å². The van der Waals surface area contributed by atoms with Crippen LogP contribution in [-0.2, 0) is 0 Å². The van der Waals surface area contributed by atoms with Crippen LogP contribution in [0.1, 0.15) is 70.4 Å². The van der Waals surface area contributed by atoms with Crippen molar-refractivity contribution < 1.29 is 4.74 Å². The molecule has 1 fully saturated rings. The van der Waals surface area contributed by atoms with Gasteiger partial charge in [0.25, 0.3) is 0 Å². The Morgan fingerprint density at radius 1 is 0.976 bits per heavy atom. The van der Waals surface area contributed by atoms with Crippen LogP contribution in [0.2, 0.25) is 0 Å². The normalized spacial score (nSPS) is 17.5. The molecule has 8 nitrogen and oxygen atoms in total. The van der Waals surface area contributed by atoms with E-state index in [1.165, 1.54) is 36.8 Å². The Morgan fingerprint density at radius 3 is 2.44 bits per heavy atom. The van der Waals surface area contributed by atoms with E-state index in [-0.39, 0.29) is 6.10 Å². The van der Waals surface area contributed by atoms with E-state index >= 15 is 0 Å². The number of H-pyrrole nitrogens is 1. The van der Waals surface area contributed by atoms with Gasteiger partial charge < -0.3 is 25.3 Å². The number of thioether (sulfide) groups is 1. The van der Waals surface area contributed by atoms with Gasteiger partial charge >= 0.3 is 0 Å². The van der Waals surface area contributed by atoms with Gasteiger partial charge in [0.15, 0.2) is 17.0 Å². The van der Waals surface area contributed by atoms with Gasteiger partial charge in [-0.05, 0) is 102 Å². The molecule has 9 heteroatoms. The highest BCUT2D eigenvalue weighted by atomic mass is 32.2. The number of aromatic nitrogens is 4. The number of hydrogen-bond donors (Lipinski definition) is 3. The highest BCUT2D eigenvalue weighted by Gasteiger charge is 2.26. The first-order valence-electron chi connectivity index (χ1n) is 14.7. The first kappa shape index (κ1) is 29.2. The van der Waals surface area contributed by atoms with E-state index in [9.17, 15) is 0 Å². The number of aromatic amines is 1. The topological polar surface area (TPSA) is 91.0 Å². The molecule has 0 atom stereocenters. The Balaban J connectivity index is 1.46. The minimum Gasteiger partial charge on any atom is -0.489 e. The Hall–Kier alpha value is -3.30. The van der Waals surface area contributed by atoms with Crippen molar-refractivity contribution in [3.63, 3.8) is 0 Å². The molecule has 5 rings (SSSR count).